The second-order valence-corrected chi connectivity index (χ2v) is 6.09. The molecule has 0 amide bonds. The van der Waals surface area contributed by atoms with E-state index >= 15 is 0 Å². The number of halogens is 3. The molecule has 1 N–H and O–H groups in total. The zero-order valence-electron chi connectivity index (χ0n) is 13.1. The van der Waals surface area contributed by atoms with Gasteiger partial charge in [0.2, 0.25) is 0 Å². The Morgan fingerprint density at radius 3 is 2.96 bits per heavy atom. The first kappa shape index (κ1) is 16.9. The average Bonchev–Trinajstić information content (AvgIpc) is 2.55. The van der Waals surface area contributed by atoms with Crippen LogP contribution >= 0.6 is 11.6 Å². The Hall–Kier alpha value is -1.99. The van der Waals surface area contributed by atoms with Crippen molar-refractivity contribution in [2.24, 2.45) is 0 Å². The number of nitrogens with one attached hydrogen (secondary N) is 1. The van der Waals surface area contributed by atoms with Crippen LogP contribution in [0.2, 0.25) is 5.02 Å². The molecule has 1 fully saturated rings. The van der Waals surface area contributed by atoms with Gasteiger partial charge in [0.15, 0.2) is 11.6 Å². The normalized spacial score (nSPS) is 17.8. The lowest BCUT2D eigenvalue weighted by molar-refractivity contribution is 0.274. The van der Waals surface area contributed by atoms with Crippen molar-refractivity contribution in [2.75, 3.05) is 24.5 Å². The second-order valence-electron chi connectivity index (χ2n) is 5.65. The molecule has 0 radical (unpaired) electrons. The van der Waals surface area contributed by atoms with E-state index in [0.29, 0.717) is 23.7 Å². The van der Waals surface area contributed by atoms with E-state index in [-0.39, 0.29) is 24.5 Å². The summed E-state index contributed by atoms with van der Waals surface area (Å²) in [5.74, 6) is -0.778. The standard InChI is InChI=1S/C16H17ClF2N4O/c1-10-8-23(5-4-20-10)15-14(19)7-21-16(22-15)24-9-11-2-3-12(17)6-13(11)18/h2-3,6-7,10,20H,4-5,8-9H2,1H3/t10-/m0/s1. The maximum absolute atomic E-state index is 14.0. The van der Waals surface area contributed by atoms with Crippen molar-refractivity contribution in [2.45, 2.75) is 19.6 Å². The summed E-state index contributed by atoms with van der Waals surface area (Å²) < 4.78 is 33.2. The fraction of sp³-hybridized carbons (Fsp3) is 0.375. The lowest BCUT2D eigenvalue weighted by Crippen LogP contribution is -2.49. The first-order valence-electron chi connectivity index (χ1n) is 7.60. The minimum Gasteiger partial charge on any atom is -0.458 e. The molecule has 24 heavy (non-hydrogen) atoms. The van der Waals surface area contributed by atoms with E-state index < -0.39 is 11.6 Å². The number of benzene rings is 1. The number of anilines is 1. The van der Waals surface area contributed by atoms with Gasteiger partial charge in [0.1, 0.15) is 12.4 Å². The van der Waals surface area contributed by atoms with Gasteiger partial charge in [0.25, 0.3) is 0 Å². The third kappa shape index (κ3) is 3.91. The molecule has 5 nitrogen and oxygen atoms in total. The molecule has 2 heterocycles. The molecule has 0 spiro atoms. The minimum atomic E-state index is -0.505. The summed E-state index contributed by atoms with van der Waals surface area (Å²) in [6, 6.07) is 4.55. The van der Waals surface area contributed by atoms with Crippen LogP contribution in [0.25, 0.3) is 0 Å². The summed E-state index contributed by atoms with van der Waals surface area (Å²) in [6.07, 6.45) is 1.07. The molecule has 1 atom stereocenters. The third-order valence-electron chi connectivity index (χ3n) is 3.74. The van der Waals surface area contributed by atoms with E-state index in [1.807, 2.05) is 11.8 Å². The van der Waals surface area contributed by atoms with Gasteiger partial charge in [-0.1, -0.05) is 17.7 Å². The highest BCUT2D eigenvalue weighted by Crippen LogP contribution is 2.21. The van der Waals surface area contributed by atoms with E-state index in [4.69, 9.17) is 16.3 Å². The summed E-state index contributed by atoms with van der Waals surface area (Å²) in [4.78, 5) is 9.79. The molecule has 128 valence electrons. The van der Waals surface area contributed by atoms with E-state index in [1.165, 1.54) is 12.1 Å². The highest BCUT2D eigenvalue weighted by molar-refractivity contribution is 6.30. The van der Waals surface area contributed by atoms with Crippen LogP contribution in [0.3, 0.4) is 0 Å². The molecule has 2 aromatic rings. The fourth-order valence-corrected chi connectivity index (χ4v) is 2.70. The predicted molar refractivity (Wildman–Crippen MR) is 87.4 cm³/mol. The van der Waals surface area contributed by atoms with Crippen molar-refractivity contribution >= 4 is 17.4 Å². The quantitative estimate of drug-likeness (QED) is 0.915. The molecule has 0 unspecified atom stereocenters. The Kier molecular flexibility index (Phi) is 5.11. The lowest BCUT2D eigenvalue weighted by Gasteiger charge is -2.32. The number of ether oxygens (including phenoxy) is 1. The predicted octanol–water partition coefficient (Wildman–Crippen LogP) is 2.79. The number of hydrogen-bond donors (Lipinski definition) is 1. The molecule has 1 aromatic heterocycles. The van der Waals surface area contributed by atoms with Gasteiger partial charge in [0.05, 0.1) is 6.20 Å². The van der Waals surface area contributed by atoms with Gasteiger partial charge in [-0.15, -0.1) is 0 Å². The highest BCUT2D eigenvalue weighted by atomic mass is 35.5. The van der Waals surface area contributed by atoms with Crippen molar-refractivity contribution in [3.63, 3.8) is 0 Å². The Morgan fingerprint density at radius 2 is 2.21 bits per heavy atom. The molecule has 0 saturated carbocycles. The van der Waals surface area contributed by atoms with Crippen molar-refractivity contribution in [3.8, 4) is 6.01 Å². The van der Waals surface area contributed by atoms with E-state index in [1.54, 1.807) is 6.07 Å². The summed E-state index contributed by atoms with van der Waals surface area (Å²) in [6.45, 7) is 3.98. The zero-order chi connectivity index (χ0) is 17.1. The van der Waals surface area contributed by atoms with Gasteiger partial charge in [-0.2, -0.15) is 4.98 Å². The van der Waals surface area contributed by atoms with Crippen LogP contribution in [-0.2, 0) is 6.61 Å². The molecular formula is C16H17ClF2N4O. The number of aromatic nitrogens is 2. The molecule has 1 aliphatic rings. The summed E-state index contributed by atoms with van der Waals surface area (Å²) in [5.41, 5.74) is 0.324. The van der Waals surface area contributed by atoms with E-state index in [2.05, 4.69) is 15.3 Å². The van der Waals surface area contributed by atoms with Crippen LogP contribution in [-0.4, -0.2) is 35.6 Å². The first-order chi connectivity index (χ1) is 11.5. The van der Waals surface area contributed by atoms with Crippen molar-refractivity contribution in [1.82, 2.24) is 15.3 Å². The Balaban J connectivity index is 1.73. The van der Waals surface area contributed by atoms with Crippen LogP contribution < -0.4 is 15.0 Å². The van der Waals surface area contributed by atoms with Crippen molar-refractivity contribution in [1.29, 1.82) is 0 Å². The van der Waals surface area contributed by atoms with Crippen LogP contribution in [0, 0.1) is 11.6 Å². The summed E-state index contributed by atoms with van der Waals surface area (Å²) in [7, 11) is 0. The topological polar surface area (TPSA) is 50.3 Å². The van der Waals surface area contributed by atoms with Gasteiger partial charge >= 0.3 is 6.01 Å². The smallest absolute Gasteiger partial charge is 0.318 e. The molecule has 1 aliphatic heterocycles. The second kappa shape index (κ2) is 7.27. The van der Waals surface area contributed by atoms with Crippen LogP contribution in [0.4, 0.5) is 14.6 Å². The van der Waals surface area contributed by atoms with Crippen molar-refractivity contribution < 1.29 is 13.5 Å². The SMILES string of the molecule is C[C@H]1CN(c2nc(OCc3ccc(Cl)cc3F)ncc2F)CCN1. The fourth-order valence-electron chi connectivity index (χ4n) is 2.54. The molecule has 3 rings (SSSR count). The highest BCUT2D eigenvalue weighted by Gasteiger charge is 2.21. The van der Waals surface area contributed by atoms with E-state index in [0.717, 1.165) is 12.7 Å². The average molecular weight is 355 g/mol. The molecule has 8 heteroatoms. The number of piperazine rings is 1. The minimum absolute atomic E-state index is 0.00642. The lowest BCUT2D eigenvalue weighted by atomic mass is 10.2. The van der Waals surface area contributed by atoms with Gasteiger partial charge in [0, 0.05) is 36.3 Å². The molecule has 0 bridgehead atoms. The Morgan fingerprint density at radius 1 is 1.38 bits per heavy atom. The molecule has 1 aromatic carbocycles. The monoisotopic (exact) mass is 354 g/mol. The van der Waals surface area contributed by atoms with Crippen LogP contribution in [0.1, 0.15) is 12.5 Å². The van der Waals surface area contributed by atoms with Gasteiger partial charge in [-0.25, -0.2) is 13.8 Å². The maximum Gasteiger partial charge on any atom is 0.318 e. The third-order valence-corrected chi connectivity index (χ3v) is 3.98. The van der Waals surface area contributed by atoms with Gasteiger partial charge in [-0.3, -0.25) is 0 Å². The number of rotatable bonds is 4. The number of nitrogens with zero attached hydrogens (tertiary/aromatic N) is 3. The summed E-state index contributed by atoms with van der Waals surface area (Å²) in [5, 5.41) is 3.59. The molecule has 1 saturated heterocycles. The van der Waals surface area contributed by atoms with Crippen molar-refractivity contribution in [3.05, 3.63) is 46.6 Å². The largest absolute Gasteiger partial charge is 0.458 e. The zero-order valence-corrected chi connectivity index (χ0v) is 13.9. The van der Waals surface area contributed by atoms with Gasteiger partial charge in [-0.05, 0) is 19.1 Å². The van der Waals surface area contributed by atoms with Crippen LogP contribution in [0.5, 0.6) is 6.01 Å². The van der Waals surface area contributed by atoms with Gasteiger partial charge < -0.3 is 15.0 Å². The molecule has 0 aliphatic carbocycles. The Bertz CT molecular complexity index is 731. The Labute approximate surface area is 143 Å². The molecular weight excluding hydrogens is 338 g/mol. The number of hydrogen-bond acceptors (Lipinski definition) is 5. The van der Waals surface area contributed by atoms with Crippen LogP contribution in [0.15, 0.2) is 24.4 Å². The maximum atomic E-state index is 14.0. The first-order valence-corrected chi connectivity index (χ1v) is 7.98. The summed E-state index contributed by atoms with van der Waals surface area (Å²) >= 11 is 5.71. The van der Waals surface area contributed by atoms with E-state index in [9.17, 15) is 8.78 Å².